The highest BCUT2D eigenvalue weighted by Gasteiger charge is 2.46. The number of methoxy groups -OCH3 is 2. The molecule has 0 radical (unpaired) electrons. The number of hydrogen-bond donors (Lipinski definition) is 2. The van der Waals surface area contributed by atoms with Gasteiger partial charge in [0.25, 0.3) is 0 Å². The third-order valence-electron chi connectivity index (χ3n) is 12.5. The van der Waals surface area contributed by atoms with Crippen LogP contribution < -0.4 is 9.47 Å². The van der Waals surface area contributed by atoms with Gasteiger partial charge in [0, 0.05) is 75.6 Å². The Morgan fingerprint density at radius 1 is 0.661 bits per heavy atom. The van der Waals surface area contributed by atoms with Crippen molar-refractivity contribution in [2.24, 2.45) is 11.8 Å². The minimum Gasteiger partial charge on any atom is -0.497 e. The molecule has 14 nitrogen and oxygen atoms in total. The number of piperidine rings is 4. The third kappa shape index (κ3) is 9.59. The Bertz CT molecular complexity index is 1870. The highest BCUT2D eigenvalue weighted by molar-refractivity contribution is 7.88. The van der Waals surface area contributed by atoms with Crippen molar-refractivity contribution < 1.29 is 46.1 Å². The molecule has 0 aromatic heterocycles. The number of ether oxygens (including phenoxy) is 2. The molecule has 8 rings (SSSR count). The zero-order valence-electron chi connectivity index (χ0n) is 32.7. The summed E-state index contributed by atoms with van der Waals surface area (Å²) in [6, 6.07) is 13.7. The highest BCUT2D eigenvalue weighted by atomic mass is 32.2. The van der Waals surface area contributed by atoms with E-state index in [1.54, 1.807) is 22.8 Å². The summed E-state index contributed by atoms with van der Waals surface area (Å²) in [5, 5.41) is 15.6. The van der Waals surface area contributed by atoms with Gasteiger partial charge in [-0.05, 0) is 110 Å². The Balaban J connectivity index is 0.000000160. The Hall–Kier alpha value is -3.54. The normalized spacial score (nSPS) is 27.9. The van der Waals surface area contributed by atoms with E-state index < -0.39 is 32.0 Å². The van der Waals surface area contributed by atoms with Crippen LogP contribution in [0.5, 0.6) is 11.5 Å². The van der Waals surface area contributed by atoms with Crippen LogP contribution in [0.25, 0.3) is 0 Å². The summed E-state index contributed by atoms with van der Waals surface area (Å²) in [7, 11) is -2.85. The Labute approximate surface area is 331 Å². The minimum atomic E-state index is -3.13. The first kappa shape index (κ1) is 42.1. The second-order valence-electron chi connectivity index (χ2n) is 15.8. The van der Waals surface area contributed by atoms with Crippen LogP contribution in [-0.2, 0) is 42.5 Å². The Kier molecular flexibility index (Phi) is 13.2. The number of sulfonamides is 2. The number of rotatable bonds is 6. The zero-order chi connectivity index (χ0) is 40.4. The maximum Gasteiger partial charge on any atom is 0.328 e. The van der Waals surface area contributed by atoms with Gasteiger partial charge in [-0.3, -0.25) is 9.80 Å². The van der Waals surface area contributed by atoms with Gasteiger partial charge in [-0.25, -0.2) is 26.4 Å². The van der Waals surface area contributed by atoms with Gasteiger partial charge in [0.15, 0.2) is 0 Å². The molecule has 6 aliphatic heterocycles. The molecule has 0 saturated carbocycles. The molecular weight excluding hydrogens is 761 g/mol. The quantitative estimate of drug-likeness (QED) is 0.405. The van der Waals surface area contributed by atoms with Gasteiger partial charge in [0.2, 0.25) is 20.0 Å². The lowest BCUT2D eigenvalue weighted by Gasteiger charge is -2.51. The van der Waals surface area contributed by atoms with Gasteiger partial charge in [-0.15, -0.1) is 0 Å². The molecule has 4 saturated heterocycles. The van der Waals surface area contributed by atoms with E-state index in [1.807, 2.05) is 12.1 Å². The molecular formula is C40H56N4O10S2. The number of benzene rings is 2. The molecule has 2 N–H and O–H groups in total. The number of hydrogen-bond acceptors (Lipinski definition) is 10. The summed E-state index contributed by atoms with van der Waals surface area (Å²) >= 11 is 0. The maximum atomic E-state index is 12.2. The van der Waals surface area contributed by atoms with Crippen molar-refractivity contribution >= 4 is 32.0 Å². The van der Waals surface area contributed by atoms with Crippen molar-refractivity contribution in [3.63, 3.8) is 0 Å². The van der Waals surface area contributed by atoms with Crippen molar-refractivity contribution in [2.45, 2.75) is 75.5 Å². The summed E-state index contributed by atoms with van der Waals surface area (Å²) in [6.07, 6.45) is 12.0. The van der Waals surface area contributed by atoms with E-state index in [2.05, 4.69) is 34.1 Å². The van der Waals surface area contributed by atoms with Crippen LogP contribution in [0.4, 0.5) is 0 Å². The van der Waals surface area contributed by atoms with Crippen LogP contribution in [-0.4, -0.2) is 135 Å². The number of carboxylic acid groups (broad SMARTS) is 2. The van der Waals surface area contributed by atoms with E-state index in [1.165, 1.54) is 34.8 Å². The van der Waals surface area contributed by atoms with E-state index in [0.717, 1.165) is 89.0 Å². The number of nitrogens with zero attached hydrogens (tertiary/aromatic N) is 4. The van der Waals surface area contributed by atoms with E-state index in [4.69, 9.17) is 19.7 Å². The molecule has 16 heteroatoms. The lowest BCUT2D eigenvalue weighted by Crippen LogP contribution is -2.57. The molecule has 6 aliphatic rings. The smallest absolute Gasteiger partial charge is 0.328 e. The Morgan fingerprint density at radius 2 is 1.05 bits per heavy atom. The summed E-state index contributed by atoms with van der Waals surface area (Å²) in [5.41, 5.74) is 5.44. The Morgan fingerprint density at radius 3 is 1.39 bits per heavy atom. The standard InChI is InChI=1S/2C18H26N2O3S.C4H4O4/c2*1-23-15-5-6-16-13(10-15)7-9-19-12-14-4-3-8-20(24(2,21)22)17(14)11-18(16)19;5-3(6)1-2-4(7)8/h2*5-6,10,14,17-18H,3-4,7-9,11-12H2,1-2H3;1-2H,(H,5,6)(H,7,8)/t2*14-,17+,18+;/m11./s1. The van der Waals surface area contributed by atoms with Gasteiger partial charge < -0.3 is 19.7 Å². The molecule has 0 aliphatic carbocycles. The minimum absolute atomic E-state index is 0.156. The van der Waals surface area contributed by atoms with Gasteiger partial charge in [-0.2, -0.15) is 8.61 Å². The molecule has 0 spiro atoms. The topological polar surface area (TPSA) is 174 Å². The lowest BCUT2D eigenvalue weighted by molar-refractivity contribution is -0.134. The highest BCUT2D eigenvalue weighted by Crippen LogP contribution is 2.45. The largest absolute Gasteiger partial charge is 0.497 e. The predicted molar refractivity (Wildman–Crippen MR) is 212 cm³/mol. The SMILES string of the molecule is COc1ccc2c(c1)CCN1C[C@H]3CCCN(S(C)(=O)=O)[C@H]3C[C@@H]21.COc1ccc2c(c1)CCN1C[C@H]3CCCN(S(C)(=O)=O)[C@H]3C[C@@H]21.O=C(O)C=CC(=O)O. The lowest BCUT2D eigenvalue weighted by atomic mass is 9.77. The van der Waals surface area contributed by atoms with E-state index in [-0.39, 0.29) is 12.1 Å². The molecule has 0 amide bonds. The van der Waals surface area contributed by atoms with Crippen LogP contribution in [0.2, 0.25) is 0 Å². The molecule has 308 valence electrons. The van der Waals surface area contributed by atoms with E-state index in [9.17, 15) is 26.4 Å². The molecule has 6 heterocycles. The maximum absolute atomic E-state index is 12.2. The van der Waals surface area contributed by atoms with Crippen molar-refractivity contribution in [3.8, 4) is 11.5 Å². The third-order valence-corrected chi connectivity index (χ3v) is 15.1. The van der Waals surface area contributed by atoms with Crippen LogP contribution in [0.15, 0.2) is 48.6 Å². The predicted octanol–water partition coefficient (Wildman–Crippen LogP) is 3.79. The molecule has 6 atom stereocenters. The van der Waals surface area contributed by atoms with Gasteiger partial charge in [0.05, 0.1) is 26.7 Å². The number of carbonyl (C=O) groups is 2. The van der Waals surface area contributed by atoms with Crippen LogP contribution in [0.3, 0.4) is 0 Å². The summed E-state index contributed by atoms with van der Waals surface area (Å²) < 4.78 is 63.2. The molecule has 0 unspecified atom stereocenters. The van der Waals surface area contributed by atoms with Gasteiger partial charge in [-0.1, -0.05) is 12.1 Å². The summed E-state index contributed by atoms with van der Waals surface area (Å²) in [4.78, 5) is 24.2. The van der Waals surface area contributed by atoms with Crippen molar-refractivity contribution in [3.05, 3.63) is 70.8 Å². The van der Waals surface area contributed by atoms with Crippen LogP contribution in [0, 0.1) is 11.8 Å². The van der Waals surface area contributed by atoms with Gasteiger partial charge >= 0.3 is 11.9 Å². The number of aliphatic carboxylic acids is 2. The van der Waals surface area contributed by atoms with Crippen LogP contribution >= 0.6 is 0 Å². The number of fused-ring (bicyclic) bond motifs is 8. The molecule has 2 aromatic carbocycles. The first-order valence-electron chi connectivity index (χ1n) is 19.5. The monoisotopic (exact) mass is 816 g/mol. The molecule has 0 bridgehead atoms. The van der Waals surface area contributed by atoms with Crippen molar-refractivity contribution in [2.75, 3.05) is 66.0 Å². The second-order valence-corrected chi connectivity index (χ2v) is 19.7. The molecule has 4 fully saturated rings. The van der Waals surface area contributed by atoms with Crippen LogP contribution in [0.1, 0.15) is 72.9 Å². The fourth-order valence-corrected chi connectivity index (χ4v) is 12.4. The van der Waals surface area contributed by atoms with Gasteiger partial charge in [0.1, 0.15) is 11.5 Å². The van der Waals surface area contributed by atoms with E-state index >= 15 is 0 Å². The zero-order valence-corrected chi connectivity index (χ0v) is 34.4. The first-order chi connectivity index (χ1) is 26.6. The fraction of sp³-hybridized carbons (Fsp3) is 0.600. The second kappa shape index (κ2) is 17.5. The average Bonchev–Trinajstić information content (AvgIpc) is 3.17. The average molecular weight is 817 g/mol. The summed E-state index contributed by atoms with van der Waals surface area (Å²) in [6.45, 7) is 5.53. The van der Waals surface area contributed by atoms with E-state index in [0.29, 0.717) is 49.2 Å². The van der Waals surface area contributed by atoms with Crippen molar-refractivity contribution in [1.29, 1.82) is 0 Å². The first-order valence-corrected chi connectivity index (χ1v) is 23.2. The fourth-order valence-electron chi connectivity index (χ4n) is 10.0. The van der Waals surface area contributed by atoms with Crippen molar-refractivity contribution in [1.82, 2.24) is 18.4 Å². The molecule has 56 heavy (non-hydrogen) atoms. The summed E-state index contributed by atoms with van der Waals surface area (Å²) in [5.74, 6) is 0.256. The molecule has 2 aromatic rings. The number of carboxylic acids is 2.